The van der Waals surface area contributed by atoms with Crippen LogP contribution in [0.15, 0.2) is 36.4 Å². The zero-order valence-corrected chi connectivity index (χ0v) is 23.1. The summed E-state index contributed by atoms with van der Waals surface area (Å²) >= 11 is 0.928. The Hall–Kier alpha value is -2.66. The molecule has 0 bridgehead atoms. The molecule has 0 saturated carbocycles. The standard InChI is InChI=1S/C26H40N4O7S/c1-3-5-10-29-25(32)19-35-16-17-36-26(38-21-27)20-37-23-8-6-7-22(18-23)30-24(31)9-12-33-14-15-34-13-11-28-4-2/h3,5-8,18,26,28H,4,9-17,19-20H2,1-2H3,(H,29,32)(H,30,31)/b5-3+. The highest BCUT2D eigenvalue weighted by Crippen LogP contribution is 2.20. The third-order valence-electron chi connectivity index (χ3n) is 4.62. The maximum atomic E-state index is 12.2. The largest absolute Gasteiger partial charge is 0.490 e. The van der Waals surface area contributed by atoms with Crippen LogP contribution in [0.3, 0.4) is 0 Å². The predicted octanol–water partition coefficient (Wildman–Crippen LogP) is 2.30. The average molecular weight is 553 g/mol. The van der Waals surface area contributed by atoms with Gasteiger partial charge in [0, 0.05) is 24.8 Å². The highest BCUT2D eigenvalue weighted by atomic mass is 32.2. The number of carbonyl (C=O) groups is 2. The van der Waals surface area contributed by atoms with Crippen LogP contribution in [0, 0.1) is 10.7 Å². The maximum absolute atomic E-state index is 12.2. The number of thiocyanates is 1. The van der Waals surface area contributed by atoms with Crippen LogP contribution in [-0.2, 0) is 28.5 Å². The number of ether oxygens (including phenoxy) is 5. The van der Waals surface area contributed by atoms with Crippen molar-refractivity contribution in [1.29, 1.82) is 5.26 Å². The Morgan fingerprint density at radius 2 is 1.87 bits per heavy atom. The molecule has 1 aromatic rings. The van der Waals surface area contributed by atoms with Crippen molar-refractivity contribution in [1.82, 2.24) is 10.6 Å². The van der Waals surface area contributed by atoms with Crippen molar-refractivity contribution in [3.8, 4) is 11.2 Å². The lowest BCUT2D eigenvalue weighted by molar-refractivity contribution is -0.126. The molecular formula is C26H40N4O7S. The molecule has 0 heterocycles. The molecule has 11 nitrogen and oxygen atoms in total. The Bertz CT molecular complexity index is 851. The van der Waals surface area contributed by atoms with E-state index in [9.17, 15) is 9.59 Å². The number of anilines is 1. The van der Waals surface area contributed by atoms with E-state index in [0.29, 0.717) is 44.4 Å². The van der Waals surface area contributed by atoms with Crippen LogP contribution in [0.25, 0.3) is 0 Å². The first-order valence-electron chi connectivity index (χ1n) is 12.6. The molecule has 212 valence electrons. The van der Waals surface area contributed by atoms with Crippen molar-refractivity contribution in [2.24, 2.45) is 0 Å². The van der Waals surface area contributed by atoms with E-state index in [1.54, 1.807) is 24.3 Å². The molecule has 0 aliphatic heterocycles. The van der Waals surface area contributed by atoms with E-state index in [2.05, 4.69) is 16.0 Å². The summed E-state index contributed by atoms with van der Waals surface area (Å²) in [5, 5.41) is 19.7. The third kappa shape index (κ3) is 18.6. The summed E-state index contributed by atoms with van der Waals surface area (Å²) in [6.07, 6.45) is 3.90. The number of nitrogens with zero attached hydrogens (tertiary/aromatic N) is 1. The van der Waals surface area contributed by atoms with E-state index in [-0.39, 0.29) is 44.7 Å². The molecule has 3 N–H and O–H groups in total. The Labute approximate surface area is 229 Å². The quantitative estimate of drug-likeness (QED) is 0.0802. The predicted molar refractivity (Wildman–Crippen MR) is 147 cm³/mol. The summed E-state index contributed by atoms with van der Waals surface area (Å²) in [5.41, 5.74) is 0.0418. The van der Waals surface area contributed by atoms with Gasteiger partial charge in [0.05, 0.1) is 46.1 Å². The molecule has 0 saturated heterocycles. The number of nitriles is 1. The van der Waals surface area contributed by atoms with Gasteiger partial charge >= 0.3 is 0 Å². The Morgan fingerprint density at radius 1 is 1.08 bits per heavy atom. The molecule has 12 heteroatoms. The first kappa shape index (κ1) is 33.4. The van der Waals surface area contributed by atoms with Gasteiger partial charge in [-0.05, 0) is 37.4 Å². The molecule has 0 radical (unpaired) electrons. The van der Waals surface area contributed by atoms with Crippen LogP contribution >= 0.6 is 11.8 Å². The van der Waals surface area contributed by atoms with E-state index in [1.807, 2.05) is 31.4 Å². The molecule has 0 aliphatic carbocycles. The number of thioether (sulfide) groups is 1. The van der Waals surface area contributed by atoms with E-state index in [1.165, 1.54) is 0 Å². The fourth-order valence-corrected chi connectivity index (χ4v) is 3.20. The minimum Gasteiger partial charge on any atom is -0.490 e. The van der Waals surface area contributed by atoms with Gasteiger partial charge in [0.2, 0.25) is 11.8 Å². The number of hydrogen-bond donors (Lipinski definition) is 3. The second kappa shape index (κ2) is 23.5. The van der Waals surface area contributed by atoms with Crippen LogP contribution in [0.4, 0.5) is 5.69 Å². The molecule has 1 atom stereocenters. The van der Waals surface area contributed by atoms with E-state index in [4.69, 9.17) is 28.9 Å². The summed E-state index contributed by atoms with van der Waals surface area (Å²) in [6.45, 7) is 8.39. The number of nitrogens with one attached hydrogen (secondary N) is 3. The maximum Gasteiger partial charge on any atom is 0.246 e. The van der Waals surface area contributed by atoms with Gasteiger partial charge in [-0.15, -0.1) is 0 Å². The minimum atomic E-state index is -0.547. The first-order chi connectivity index (χ1) is 18.6. The van der Waals surface area contributed by atoms with Gasteiger partial charge in [-0.2, -0.15) is 5.26 Å². The molecule has 0 fully saturated rings. The zero-order chi connectivity index (χ0) is 27.7. The fourth-order valence-electron chi connectivity index (χ4n) is 2.78. The smallest absolute Gasteiger partial charge is 0.246 e. The summed E-state index contributed by atoms with van der Waals surface area (Å²) in [6, 6.07) is 6.96. The van der Waals surface area contributed by atoms with Crippen LogP contribution in [0.1, 0.15) is 20.3 Å². The van der Waals surface area contributed by atoms with Crippen LogP contribution in [0.2, 0.25) is 0 Å². The monoisotopic (exact) mass is 552 g/mol. The molecule has 1 unspecified atom stereocenters. The Kier molecular flexibility index (Phi) is 20.6. The van der Waals surface area contributed by atoms with Crippen molar-refractivity contribution in [3.63, 3.8) is 0 Å². The molecule has 0 spiro atoms. The number of hydrogen-bond acceptors (Lipinski definition) is 10. The molecule has 1 aromatic carbocycles. The molecule has 1 rings (SSSR count). The minimum absolute atomic E-state index is 0.0659. The fraction of sp³-hybridized carbons (Fsp3) is 0.577. The lowest BCUT2D eigenvalue weighted by atomic mass is 10.3. The summed E-state index contributed by atoms with van der Waals surface area (Å²) in [4.78, 5) is 23.8. The van der Waals surface area contributed by atoms with Crippen molar-refractivity contribution >= 4 is 29.3 Å². The molecule has 2 amide bonds. The SMILES string of the molecule is C/C=C/CNC(=O)COCCOC(COc1cccc(NC(=O)CCOCCOCCNCC)c1)SC#N. The number of amides is 2. The third-order valence-corrected chi connectivity index (χ3v) is 5.26. The molecule has 0 aromatic heterocycles. The van der Waals surface area contributed by atoms with E-state index >= 15 is 0 Å². The highest BCUT2D eigenvalue weighted by molar-refractivity contribution is 8.04. The second-order valence-electron chi connectivity index (χ2n) is 7.65. The van der Waals surface area contributed by atoms with Crippen molar-refractivity contribution in [3.05, 3.63) is 36.4 Å². The van der Waals surface area contributed by atoms with Crippen molar-refractivity contribution in [2.45, 2.75) is 25.7 Å². The van der Waals surface area contributed by atoms with Gasteiger partial charge in [-0.3, -0.25) is 9.59 Å². The highest BCUT2D eigenvalue weighted by Gasteiger charge is 2.12. The summed E-state index contributed by atoms with van der Waals surface area (Å²) < 4.78 is 27.5. The molecule has 38 heavy (non-hydrogen) atoms. The number of likely N-dealkylation sites (N-methyl/N-ethyl adjacent to an activating group) is 1. The van der Waals surface area contributed by atoms with Gasteiger partial charge in [0.15, 0.2) is 5.44 Å². The number of benzene rings is 1. The summed E-state index contributed by atoms with van der Waals surface area (Å²) in [5.74, 6) is 0.136. The van der Waals surface area contributed by atoms with Gasteiger partial charge in [0.25, 0.3) is 0 Å². The van der Waals surface area contributed by atoms with Crippen molar-refractivity contribution in [2.75, 3.05) is 77.8 Å². The van der Waals surface area contributed by atoms with Gasteiger partial charge in [-0.25, -0.2) is 0 Å². The number of rotatable bonds is 23. The van der Waals surface area contributed by atoms with E-state index < -0.39 is 5.44 Å². The van der Waals surface area contributed by atoms with E-state index in [0.717, 1.165) is 24.9 Å². The number of allylic oxidation sites excluding steroid dienone is 1. The topological polar surface area (TPSA) is 140 Å². The lowest BCUT2D eigenvalue weighted by Crippen LogP contribution is -2.28. The van der Waals surface area contributed by atoms with Gasteiger partial charge < -0.3 is 39.6 Å². The van der Waals surface area contributed by atoms with Crippen molar-refractivity contribution < 1.29 is 33.3 Å². The van der Waals surface area contributed by atoms with Crippen LogP contribution in [0.5, 0.6) is 5.75 Å². The van der Waals surface area contributed by atoms with Gasteiger partial charge in [0.1, 0.15) is 24.4 Å². The van der Waals surface area contributed by atoms with Crippen LogP contribution in [-0.4, -0.2) is 89.7 Å². The average Bonchev–Trinajstić information content (AvgIpc) is 2.91. The zero-order valence-electron chi connectivity index (χ0n) is 22.2. The molecule has 0 aliphatic rings. The number of carbonyl (C=O) groups excluding carboxylic acids is 2. The second-order valence-corrected chi connectivity index (χ2v) is 8.59. The van der Waals surface area contributed by atoms with Gasteiger partial charge in [-0.1, -0.05) is 25.1 Å². The summed E-state index contributed by atoms with van der Waals surface area (Å²) in [7, 11) is 0. The van der Waals surface area contributed by atoms with Crippen LogP contribution < -0.4 is 20.7 Å². The lowest BCUT2D eigenvalue weighted by Gasteiger charge is -2.16. The Balaban J connectivity index is 2.26. The first-order valence-corrected chi connectivity index (χ1v) is 13.5. The normalized spacial score (nSPS) is 11.7. The molecular weight excluding hydrogens is 512 g/mol. The Morgan fingerprint density at radius 3 is 2.63 bits per heavy atom.